The number of phenols is 2. The van der Waals surface area contributed by atoms with Gasteiger partial charge >= 0.3 is 17.9 Å². The molecular formula is C49H62O21. The van der Waals surface area contributed by atoms with Gasteiger partial charge in [0.15, 0.2) is 29.7 Å². The number of carbonyl (C=O) groups is 4. The van der Waals surface area contributed by atoms with E-state index in [9.17, 15) is 75.3 Å². The van der Waals surface area contributed by atoms with Gasteiger partial charge in [-0.1, -0.05) is 78.0 Å². The van der Waals surface area contributed by atoms with E-state index >= 15 is 0 Å². The van der Waals surface area contributed by atoms with Gasteiger partial charge in [-0.25, -0.2) is 14.4 Å². The Morgan fingerprint density at radius 2 is 1.19 bits per heavy atom. The molecule has 2 aliphatic heterocycles. The first-order valence-electron chi connectivity index (χ1n) is 22.0. The van der Waals surface area contributed by atoms with Crippen molar-refractivity contribution in [1.29, 1.82) is 0 Å². The number of aliphatic hydroxyl groups is 9. The zero-order valence-electron chi connectivity index (χ0n) is 39.0. The number of hydrogen-bond acceptors (Lipinski definition) is 21. The Kier molecular flexibility index (Phi) is 21.1. The number of benzene rings is 1. The van der Waals surface area contributed by atoms with E-state index in [4.69, 9.17) is 28.4 Å². The summed E-state index contributed by atoms with van der Waals surface area (Å²) >= 11 is 0. The van der Waals surface area contributed by atoms with Crippen LogP contribution in [0.1, 0.15) is 53.0 Å². The van der Waals surface area contributed by atoms with Gasteiger partial charge in [0.05, 0.1) is 19.3 Å². The Labute approximate surface area is 403 Å². The number of carbonyl (C=O) groups excluding carboxylic acids is 4. The summed E-state index contributed by atoms with van der Waals surface area (Å²) in [6, 6.07) is 3.82. The van der Waals surface area contributed by atoms with Gasteiger partial charge in [0, 0.05) is 30.1 Å². The molecule has 1 aromatic rings. The maximum atomic E-state index is 13.1. The lowest BCUT2D eigenvalue weighted by molar-refractivity contribution is -0.326. The van der Waals surface area contributed by atoms with Crippen molar-refractivity contribution in [3.05, 3.63) is 113 Å². The molecule has 0 amide bonds. The Hall–Kier alpha value is -5.66. The van der Waals surface area contributed by atoms with E-state index in [1.165, 1.54) is 50.3 Å². The summed E-state index contributed by atoms with van der Waals surface area (Å²) in [6.07, 6.45) is -3.18. The molecule has 2 saturated heterocycles. The maximum absolute atomic E-state index is 13.1. The molecule has 14 atom stereocenters. The molecule has 0 spiro atoms. The van der Waals surface area contributed by atoms with Crippen LogP contribution in [0, 0.1) is 0 Å². The summed E-state index contributed by atoms with van der Waals surface area (Å²) in [7, 11) is 0. The minimum atomic E-state index is -2.05. The van der Waals surface area contributed by atoms with Gasteiger partial charge in [-0.2, -0.15) is 0 Å². The zero-order valence-corrected chi connectivity index (χ0v) is 39.0. The van der Waals surface area contributed by atoms with Gasteiger partial charge in [0.25, 0.3) is 0 Å². The van der Waals surface area contributed by atoms with Crippen molar-refractivity contribution >= 4 is 29.8 Å². The number of esters is 3. The second-order valence-electron chi connectivity index (χ2n) is 17.1. The maximum Gasteiger partial charge on any atom is 0.336 e. The average Bonchev–Trinajstić information content (AvgIpc) is 3.31. The highest BCUT2D eigenvalue weighted by Gasteiger charge is 2.51. The number of aliphatic hydroxyl groups excluding tert-OH is 8. The number of allylic oxidation sites excluding steroid dienone is 12. The SMILES string of the molecule is CC(=O)[C@@]1(O)C[C@H](O)[C@@H](OC(=O)/C(C)=C/C=C/C(C)=C/C=C/C=C(C)/C=C/C=C(\C)C(=O)O[C@@H]2OC(CO[C@@H]3OC(CO)[C@@H](O)[C@H](O)C3O)[C@@H](O)[C@H](O)C2O)[C@H](OC(=O)/C=C/c2ccc(O)c(O)c2)C1. The molecule has 1 aromatic carbocycles. The number of ether oxygens (including phenoxy) is 6. The van der Waals surface area contributed by atoms with Crippen LogP contribution in [0.3, 0.4) is 0 Å². The Balaban J connectivity index is 1.28. The van der Waals surface area contributed by atoms with Crippen molar-refractivity contribution < 1.29 is 104 Å². The fraction of sp³-hybridized carbons (Fsp3) is 0.469. The number of aromatic hydroxyl groups is 2. The highest BCUT2D eigenvalue weighted by atomic mass is 16.7. The lowest BCUT2D eigenvalue weighted by Crippen LogP contribution is -2.61. The molecular weight excluding hydrogens is 925 g/mol. The zero-order chi connectivity index (χ0) is 52.0. The molecule has 0 radical (unpaired) electrons. The second-order valence-corrected chi connectivity index (χ2v) is 17.1. The smallest absolute Gasteiger partial charge is 0.336 e. The molecule has 4 unspecified atom stereocenters. The Morgan fingerprint density at radius 3 is 1.74 bits per heavy atom. The molecule has 70 heavy (non-hydrogen) atoms. The van der Waals surface area contributed by atoms with E-state index in [1.54, 1.807) is 62.5 Å². The summed E-state index contributed by atoms with van der Waals surface area (Å²) in [5.41, 5.74) is 0.0293. The highest BCUT2D eigenvalue weighted by Crippen LogP contribution is 2.34. The molecule has 0 aromatic heterocycles. The fourth-order valence-corrected chi connectivity index (χ4v) is 7.10. The number of Topliss-reactive ketones (excluding diaryl/α,β-unsaturated/α-hetero) is 1. The molecule has 1 saturated carbocycles. The van der Waals surface area contributed by atoms with E-state index in [1.807, 2.05) is 0 Å². The third-order valence-corrected chi connectivity index (χ3v) is 11.5. The minimum Gasteiger partial charge on any atom is -0.504 e. The lowest BCUT2D eigenvalue weighted by atomic mass is 9.77. The van der Waals surface area contributed by atoms with Crippen molar-refractivity contribution in [2.45, 2.75) is 133 Å². The van der Waals surface area contributed by atoms with Crippen LogP contribution in [0.4, 0.5) is 0 Å². The number of ketones is 1. The van der Waals surface area contributed by atoms with Gasteiger partial charge in [-0.3, -0.25) is 4.79 Å². The van der Waals surface area contributed by atoms with Crippen molar-refractivity contribution in [3.63, 3.8) is 0 Å². The highest BCUT2D eigenvalue weighted by molar-refractivity contribution is 5.90. The summed E-state index contributed by atoms with van der Waals surface area (Å²) in [6.45, 7) is 6.30. The van der Waals surface area contributed by atoms with Gasteiger partial charge in [-0.15, -0.1) is 0 Å². The summed E-state index contributed by atoms with van der Waals surface area (Å²) in [5.74, 6) is -4.21. The number of phenolic OH excluding ortho intramolecular Hbond substituents is 2. The standard InChI is InChI=1S/C49H62O21/c1-25(12-8-14-27(3)45(62)69-44-33(54)21-49(64,29(5)51)22-34(44)66-37(55)19-17-30-16-18-31(52)32(53)20-30)10-6-7-11-26(2)13-9-15-28(4)46(63)70-48-43(61)41(59)39(57)36(68-48)24-65-47-42(60)40(58)38(56)35(23-50)67-47/h6-20,33-36,38-44,47-48,50,52-54,56-61,64H,21-24H2,1-5H3/b7-6+,12-8+,13-9+,19-17+,25-10+,26-11+,27-14+,28-15+/t33-,34+,35?,36?,38+,39+,40-,41-,42?,43?,44+,47+,48-,49+/m0/s1. The van der Waals surface area contributed by atoms with Crippen LogP contribution in [-0.2, 0) is 47.6 Å². The average molecular weight is 987 g/mol. The van der Waals surface area contributed by atoms with Crippen LogP contribution in [0.2, 0.25) is 0 Å². The van der Waals surface area contributed by atoms with Crippen LogP contribution < -0.4 is 0 Å². The van der Waals surface area contributed by atoms with E-state index in [0.29, 0.717) is 5.56 Å². The van der Waals surface area contributed by atoms with Crippen LogP contribution in [-0.4, -0.2) is 178 Å². The van der Waals surface area contributed by atoms with Gasteiger partial charge in [-0.05, 0) is 58.4 Å². The topological polar surface area (TPSA) is 346 Å². The summed E-state index contributed by atoms with van der Waals surface area (Å²) in [4.78, 5) is 50.9. The molecule has 21 heteroatoms. The van der Waals surface area contributed by atoms with Crippen LogP contribution in [0.15, 0.2) is 107 Å². The normalized spacial score (nSPS) is 32.7. The minimum absolute atomic E-state index is 0.0762. The van der Waals surface area contributed by atoms with Crippen molar-refractivity contribution in [1.82, 2.24) is 0 Å². The van der Waals surface area contributed by atoms with Crippen LogP contribution in [0.5, 0.6) is 11.5 Å². The van der Waals surface area contributed by atoms with Gasteiger partial charge in [0.2, 0.25) is 6.29 Å². The van der Waals surface area contributed by atoms with Crippen molar-refractivity contribution in [3.8, 4) is 11.5 Å². The second kappa shape index (κ2) is 26.0. The molecule has 1 aliphatic carbocycles. The van der Waals surface area contributed by atoms with E-state index in [-0.39, 0.29) is 16.9 Å². The lowest BCUT2D eigenvalue weighted by Gasteiger charge is -2.42. The molecule has 4 rings (SSSR count). The predicted molar refractivity (Wildman–Crippen MR) is 244 cm³/mol. The molecule has 11 N–H and O–H groups in total. The molecule has 2 heterocycles. The summed E-state index contributed by atoms with van der Waals surface area (Å²) in [5, 5.41) is 112. The first kappa shape index (κ1) is 56.9. The van der Waals surface area contributed by atoms with Crippen LogP contribution >= 0.6 is 0 Å². The fourth-order valence-electron chi connectivity index (χ4n) is 7.10. The molecule has 3 aliphatic rings. The molecule has 0 bridgehead atoms. The van der Waals surface area contributed by atoms with Gasteiger partial charge < -0.3 is 84.6 Å². The van der Waals surface area contributed by atoms with E-state index in [0.717, 1.165) is 24.1 Å². The Bertz CT molecular complexity index is 2250. The van der Waals surface area contributed by atoms with Crippen molar-refractivity contribution in [2.24, 2.45) is 0 Å². The first-order chi connectivity index (χ1) is 33.0. The van der Waals surface area contributed by atoms with Gasteiger partial charge in [0.1, 0.15) is 60.5 Å². The van der Waals surface area contributed by atoms with E-state index in [2.05, 4.69) is 0 Å². The van der Waals surface area contributed by atoms with Crippen molar-refractivity contribution in [2.75, 3.05) is 13.2 Å². The molecule has 384 valence electrons. The van der Waals surface area contributed by atoms with Crippen LogP contribution in [0.25, 0.3) is 6.08 Å². The quantitative estimate of drug-likeness (QED) is 0.0304. The summed E-state index contributed by atoms with van der Waals surface area (Å²) < 4.78 is 32.4. The largest absolute Gasteiger partial charge is 0.504 e. The molecule has 21 nitrogen and oxygen atoms in total. The third kappa shape index (κ3) is 15.7. The third-order valence-electron chi connectivity index (χ3n) is 11.5. The number of hydrogen-bond donors (Lipinski definition) is 11. The number of rotatable bonds is 18. The monoisotopic (exact) mass is 986 g/mol. The Morgan fingerprint density at radius 1 is 0.643 bits per heavy atom. The molecule has 3 fully saturated rings. The first-order valence-corrected chi connectivity index (χ1v) is 22.0. The van der Waals surface area contributed by atoms with E-state index < -0.39 is 141 Å². The predicted octanol–water partition coefficient (Wildman–Crippen LogP) is 0.0305.